The quantitative estimate of drug-likeness (QED) is 0.681. The molecule has 2 aromatic carbocycles. The summed E-state index contributed by atoms with van der Waals surface area (Å²) in [6, 6.07) is 13.4. The standard InChI is InChI=1S/C16H12ClNO4S2/c17-11-6-2-1-5-10(11)16(24(20,21)22)13(19)9-15-18-12-7-3-4-8-14(12)23-15/h1-8,16H,9H2,(H,20,21,22). The number of Topliss-reactive ketones (excluding diaryl/α,β-unsaturated/α-hetero) is 1. The minimum atomic E-state index is -4.65. The first kappa shape index (κ1) is 17.0. The number of rotatable bonds is 5. The van der Waals surface area contributed by atoms with Crippen molar-refractivity contribution in [3.8, 4) is 0 Å². The number of ketones is 1. The Labute approximate surface area is 147 Å². The minimum absolute atomic E-state index is 0.0628. The Morgan fingerprint density at radius 3 is 2.50 bits per heavy atom. The van der Waals surface area contributed by atoms with Crippen LogP contribution in [0, 0.1) is 0 Å². The molecule has 24 heavy (non-hydrogen) atoms. The molecule has 1 atom stereocenters. The van der Waals surface area contributed by atoms with E-state index in [1.165, 1.54) is 23.5 Å². The number of halogens is 1. The van der Waals surface area contributed by atoms with Crippen molar-refractivity contribution in [1.29, 1.82) is 0 Å². The number of aromatic nitrogens is 1. The molecule has 1 N–H and O–H groups in total. The highest BCUT2D eigenvalue weighted by molar-refractivity contribution is 7.86. The van der Waals surface area contributed by atoms with Crippen LogP contribution in [0.3, 0.4) is 0 Å². The third-order valence-corrected chi connectivity index (χ3v) is 5.93. The molecular weight excluding hydrogens is 370 g/mol. The van der Waals surface area contributed by atoms with Gasteiger partial charge in [-0.25, -0.2) is 4.98 Å². The van der Waals surface area contributed by atoms with Crippen LogP contribution in [0.25, 0.3) is 10.2 Å². The van der Waals surface area contributed by atoms with Crippen molar-refractivity contribution < 1.29 is 17.8 Å². The van der Waals surface area contributed by atoms with E-state index in [2.05, 4.69) is 4.98 Å². The summed E-state index contributed by atoms with van der Waals surface area (Å²) in [6.45, 7) is 0. The number of carbonyl (C=O) groups excluding carboxylic acids is 1. The highest BCUT2D eigenvalue weighted by Crippen LogP contribution is 2.31. The number of carbonyl (C=O) groups is 1. The van der Waals surface area contributed by atoms with Crippen molar-refractivity contribution in [2.24, 2.45) is 0 Å². The van der Waals surface area contributed by atoms with Crippen molar-refractivity contribution in [1.82, 2.24) is 4.98 Å². The van der Waals surface area contributed by atoms with E-state index in [9.17, 15) is 17.8 Å². The van der Waals surface area contributed by atoms with Gasteiger partial charge in [0.15, 0.2) is 11.0 Å². The zero-order valence-corrected chi connectivity index (χ0v) is 14.6. The van der Waals surface area contributed by atoms with Crippen LogP contribution in [0.1, 0.15) is 15.8 Å². The van der Waals surface area contributed by atoms with E-state index < -0.39 is 21.2 Å². The van der Waals surface area contributed by atoms with Crippen molar-refractivity contribution in [2.45, 2.75) is 11.7 Å². The average molecular weight is 382 g/mol. The Bertz CT molecular complexity index is 981. The van der Waals surface area contributed by atoms with E-state index >= 15 is 0 Å². The third-order valence-electron chi connectivity index (χ3n) is 3.44. The maximum Gasteiger partial charge on any atom is 0.279 e. The predicted octanol–water partition coefficient (Wildman–Crippen LogP) is 3.69. The van der Waals surface area contributed by atoms with Gasteiger partial charge in [0.05, 0.1) is 16.6 Å². The third kappa shape index (κ3) is 3.49. The number of para-hydroxylation sites is 1. The van der Waals surface area contributed by atoms with Gasteiger partial charge in [0, 0.05) is 5.02 Å². The Kier molecular flexibility index (Phi) is 4.69. The summed E-state index contributed by atoms with van der Waals surface area (Å²) < 4.78 is 33.9. The summed E-state index contributed by atoms with van der Waals surface area (Å²) in [4.78, 5) is 16.9. The lowest BCUT2D eigenvalue weighted by atomic mass is 10.1. The molecule has 1 unspecified atom stereocenters. The second-order valence-electron chi connectivity index (χ2n) is 5.13. The van der Waals surface area contributed by atoms with E-state index in [1.54, 1.807) is 12.1 Å². The monoisotopic (exact) mass is 381 g/mol. The van der Waals surface area contributed by atoms with Gasteiger partial charge < -0.3 is 0 Å². The maximum atomic E-state index is 12.6. The van der Waals surface area contributed by atoms with Gasteiger partial charge in [0.25, 0.3) is 10.1 Å². The highest BCUT2D eigenvalue weighted by Gasteiger charge is 2.34. The molecule has 0 radical (unpaired) electrons. The van der Waals surface area contributed by atoms with Crippen LogP contribution < -0.4 is 0 Å². The van der Waals surface area contributed by atoms with Crippen LogP contribution in [0.2, 0.25) is 5.02 Å². The summed E-state index contributed by atoms with van der Waals surface area (Å²) >= 11 is 7.31. The summed E-state index contributed by atoms with van der Waals surface area (Å²) in [7, 11) is -4.65. The number of hydrogen-bond acceptors (Lipinski definition) is 5. The van der Waals surface area contributed by atoms with Crippen LogP contribution >= 0.6 is 22.9 Å². The number of hydrogen-bond donors (Lipinski definition) is 1. The maximum absolute atomic E-state index is 12.6. The molecule has 8 heteroatoms. The van der Waals surface area contributed by atoms with E-state index in [0.717, 1.165) is 10.2 Å². The molecule has 5 nitrogen and oxygen atoms in total. The molecule has 0 saturated carbocycles. The van der Waals surface area contributed by atoms with Crippen molar-refractivity contribution in [2.75, 3.05) is 0 Å². The van der Waals surface area contributed by atoms with Crippen LogP contribution in [0.4, 0.5) is 0 Å². The Morgan fingerprint density at radius 1 is 1.17 bits per heavy atom. The second-order valence-corrected chi connectivity index (χ2v) is 8.16. The molecule has 0 saturated heterocycles. The summed E-state index contributed by atoms with van der Waals surface area (Å²) in [5.74, 6) is -0.676. The average Bonchev–Trinajstić information content (AvgIpc) is 2.90. The van der Waals surface area contributed by atoms with Crippen LogP contribution in [0.15, 0.2) is 48.5 Å². The SMILES string of the molecule is O=C(Cc1nc2ccccc2s1)C(c1ccccc1Cl)S(=O)(=O)O. The predicted molar refractivity (Wildman–Crippen MR) is 94.1 cm³/mol. The van der Waals surface area contributed by atoms with Crippen LogP contribution in [0.5, 0.6) is 0 Å². The topological polar surface area (TPSA) is 84.3 Å². The smallest absolute Gasteiger partial charge is 0.279 e. The lowest BCUT2D eigenvalue weighted by molar-refractivity contribution is -0.118. The first-order chi connectivity index (χ1) is 11.4. The van der Waals surface area contributed by atoms with E-state index in [-0.39, 0.29) is 17.0 Å². The van der Waals surface area contributed by atoms with Gasteiger partial charge in [-0.1, -0.05) is 41.9 Å². The minimum Gasteiger partial charge on any atom is -0.297 e. The molecule has 0 spiro atoms. The van der Waals surface area contributed by atoms with Crippen LogP contribution in [-0.2, 0) is 21.3 Å². The summed E-state index contributed by atoms with van der Waals surface area (Å²) in [6.07, 6.45) is -0.199. The molecule has 124 valence electrons. The number of fused-ring (bicyclic) bond motifs is 1. The first-order valence-corrected chi connectivity index (χ1v) is 9.64. The van der Waals surface area contributed by atoms with Gasteiger partial charge >= 0.3 is 0 Å². The first-order valence-electron chi connectivity index (χ1n) is 6.94. The molecule has 1 aromatic heterocycles. The van der Waals surface area contributed by atoms with Crippen LogP contribution in [-0.4, -0.2) is 23.7 Å². The van der Waals surface area contributed by atoms with Gasteiger partial charge in [-0.3, -0.25) is 9.35 Å². The molecule has 0 bridgehead atoms. The molecule has 0 fully saturated rings. The van der Waals surface area contributed by atoms with Gasteiger partial charge in [0.1, 0.15) is 5.01 Å². The molecule has 0 aliphatic rings. The fourth-order valence-electron chi connectivity index (χ4n) is 2.43. The molecule has 0 aliphatic carbocycles. The second kappa shape index (κ2) is 6.60. The Morgan fingerprint density at radius 2 is 1.83 bits per heavy atom. The number of benzene rings is 2. The van der Waals surface area contributed by atoms with E-state index in [1.807, 2.05) is 24.3 Å². The summed E-state index contributed by atoms with van der Waals surface area (Å²) in [5, 5.41) is -1.13. The summed E-state index contributed by atoms with van der Waals surface area (Å²) in [5.41, 5.74) is 0.805. The fourth-order valence-corrected chi connectivity index (χ4v) is 4.65. The van der Waals surface area contributed by atoms with E-state index in [0.29, 0.717) is 5.01 Å². The normalized spacial score (nSPS) is 13.1. The number of nitrogens with zero attached hydrogens (tertiary/aromatic N) is 1. The zero-order valence-electron chi connectivity index (χ0n) is 12.2. The van der Waals surface area contributed by atoms with E-state index in [4.69, 9.17) is 11.6 Å². The highest BCUT2D eigenvalue weighted by atomic mass is 35.5. The molecule has 1 heterocycles. The fraction of sp³-hybridized carbons (Fsp3) is 0.125. The Hall–Kier alpha value is -1.80. The molecule has 3 aromatic rings. The van der Waals surface area contributed by atoms with Gasteiger partial charge in [-0.15, -0.1) is 11.3 Å². The van der Waals surface area contributed by atoms with Crippen molar-refractivity contribution in [3.05, 3.63) is 64.1 Å². The molecule has 0 aliphatic heterocycles. The Balaban J connectivity index is 1.96. The lowest BCUT2D eigenvalue weighted by Crippen LogP contribution is -2.23. The van der Waals surface area contributed by atoms with Crippen molar-refractivity contribution >= 4 is 49.1 Å². The van der Waals surface area contributed by atoms with Crippen molar-refractivity contribution in [3.63, 3.8) is 0 Å². The number of thiazole rings is 1. The zero-order chi connectivity index (χ0) is 17.3. The van der Waals surface area contributed by atoms with Gasteiger partial charge in [-0.2, -0.15) is 8.42 Å². The lowest BCUT2D eigenvalue weighted by Gasteiger charge is -2.14. The molecule has 0 amide bonds. The van der Waals surface area contributed by atoms with Gasteiger partial charge in [0.2, 0.25) is 0 Å². The molecule has 3 rings (SSSR count). The van der Waals surface area contributed by atoms with Gasteiger partial charge in [-0.05, 0) is 23.8 Å². The largest absolute Gasteiger partial charge is 0.297 e. The molecular formula is C16H12ClNO4S2.